The van der Waals surface area contributed by atoms with Crippen LogP contribution in [0.3, 0.4) is 0 Å². The molecule has 1 rings (SSSR count). The van der Waals surface area contributed by atoms with E-state index in [1.807, 2.05) is 25.2 Å². The minimum Gasteiger partial charge on any atom is -0.242 e. The highest BCUT2D eigenvalue weighted by Crippen LogP contribution is 2.19. The molecule has 2 heteroatoms. The summed E-state index contributed by atoms with van der Waals surface area (Å²) in [5, 5.41) is 1.06. The van der Waals surface area contributed by atoms with Gasteiger partial charge in [0.15, 0.2) is 0 Å². The maximum Gasteiger partial charge on any atom is 0.0907 e. The van der Waals surface area contributed by atoms with Crippen LogP contribution in [0.15, 0.2) is 25.3 Å². The maximum absolute atomic E-state index is 4.33. The Hall–Kier alpha value is -1.15. The summed E-state index contributed by atoms with van der Waals surface area (Å²) in [6.45, 7) is 9.31. The molecule has 1 heterocycles. The van der Waals surface area contributed by atoms with Gasteiger partial charge in [0.2, 0.25) is 0 Å². The molecule has 0 amide bonds. The quantitative estimate of drug-likeness (QED) is 0.645. The van der Waals surface area contributed by atoms with Gasteiger partial charge >= 0.3 is 0 Å². The Balaban J connectivity index is 3.04. The number of hydrogen-bond donors (Lipinski definition) is 0. The molecular weight excluding hydrogens is 166 g/mol. The third kappa shape index (κ3) is 1.92. The second-order valence-electron chi connectivity index (χ2n) is 2.28. The number of hydrogen-bond acceptors (Lipinski definition) is 2. The highest BCUT2D eigenvalue weighted by Gasteiger charge is 2.00. The van der Waals surface area contributed by atoms with E-state index < -0.39 is 0 Å². The molecule has 0 aliphatic carbocycles. The topological polar surface area (TPSA) is 12.9 Å². The van der Waals surface area contributed by atoms with E-state index in [1.165, 1.54) is 0 Å². The largest absolute Gasteiger partial charge is 0.242 e. The van der Waals surface area contributed by atoms with Crippen LogP contribution in [0.25, 0.3) is 12.2 Å². The lowest BCUT2D eigenvalue weighted by Gasteiger charge is -1.85. The van der Waals surface area contributed by atoms with E-state index in [9.17, 15) is 0 Å². The number of nitrogens with zero attached hydrogens (tertiary/aromatic N) is 1. The van der Waals surface area contributed by atoms with Gasteiger partial charge in [-0.3, -0.25) is 0 Å². The van der Waals surface area contributed by atoms with E-state index in [4.69, 9.17) is 0 Å². The molecule has 0 fully saturated rings. The summed E-state index contributed by atoms with van der Waals surface area (Å²) in [6.07, 6.45) is 7.38. The minimum absolute atomic E-state index is 0.979. The second-order valence-corrected chi connectivity index (χ2v) is 3.52. The van der Waals surface area contributed by atoms with Crippen LogP contribution in [0.5, 0.6) is 0 Å². The summed E-state index contributed by atoms with van der Waals surface area (Å²) < 4.78 is 0. The maximum atomic E-state index is 4.33. The Bertz CT molecular complexity index is 321. The molecule has 0 unspecified atom stereocenters. The fourth-order valence-electron chi connectivity index (χ4n) is 0.884. The van der Waals surface area contributed by atoms with Crippen LogP contribution < -0.4 is 0 Å². The zero-order valence-corrected chi connectivity index (χ0v) is 7.90. The zero-order valence-electron chi connectivity index (χ0n) is 7.08. The molecule has 12 heavy (non-hydrogen) atoms. The number of aromatic nitrogens is 1. The number of thiazole rings is 1. The predicted octanol–water partition coefficient (Wildman–Crippen LogP) is 3.29. The van der Waals surface area contributed by atoms with Crippen molar-refractivity contribution in [2.24, 2.45) is 0 Å². The number of rotatable bonds is 3. The van der Waals surface area contributed by atoms with E-state index in [-0.39, 0.29) is 0 Å². The van der Waals surface area contributed by atoms with Gasteiger partial charge in [0.1, 0.15) is 0 Å². The van der Waals surface area contributed by atoms with Gasteiger partial charge in [0.25, 0.3) is 0 Å². The van der Waals surface area contributed by atoms with Crippen molar-refractivity contribution in [1.29, 1.82) is 0 Å². The van der Waals surface area contributed by atoms with Crippen molar-refractivity contribution < 1.29 is 0 Å². The fraction of sp³-hybridized carbons (Fsp3) is 0.100. The highest BCUT2D eigenvalue weighted by molar-refractivity contribution is 7.12. The number of aryl methyl sites for hydroxylation is 1. The first-order valence-electron chi connectivity index (χ1n) is 3.67. The van der Waals surface area contributed by atoms with Gasteiger partial charge in [-0.05, 0) is 19.1 Å². The smallest absolute Gasteiger partial charge is 0.0907 e. The normalized spacial score (nSPS) is 10.4. The Morgan fingerprint density at radius 1 is 1.42 bits per heavy atom. The minimum atomic E-state index is 0.979. The van der Waals surface area contributed by atoms with Crippen LogP contribution >= 0.6 is 11.3 Å². The SMILES string of the molecule is C=C/C=C\c1nc(C)sc1C=C. The van der Waals surface area contributed by atoms with E-state index in [0.29, 0.717) is 0 Å². The molecule has 0 aliphatic heterocycles. The van der Waals surface area contributed by atoms with Crippen LogP contribution in [0.1, 0.15) is 15.6 Å². The average Bonchev–Trinajstić information content (AvgIpc) is 2.42. The molecule has 0 radical (unpaired) electrons. The van der Waals surface area contributed by atoms with Gasteiger partial charge in [0, 0.05) is 0 Å². The summed E-state index contributed by atoms with van der Waals surface area (Å²) >= 11 is 1.65. The lowest BCUT2D eigenvalue weighted by molar-refractivity contribution is 1.27. The summed E-state index contributed by atoms with van der Waals surface area (Å²) in [6, 6.07) is 0. The van der Waals surface area contributed by atoms with E-state index in [2.05, 4.69) is 18.1 Å². The first-order valence-corrected chi connectivity index (χ1v) is 4.48. The monoisotopic (exact) mass is 177 g/mol. The van der Waals surface area contributed by atoms with Gasteiger partial charge in [0.05, 0.1) is 15.6 Å². The van der Waals surface area contributed by atoms with Gasteiger partial charge < -0.3 is 0 Å². The molecule has 0 atom stereocenters. The lowest BCUT2D eigenvalue weighted by atomic mass is 10.3. The molecule has 0 N–H and O–H groups in total. The van der Waals surface area contributed by atoms with Crippen molar-refractivity contribution in [3.63, 3.8) is 0 Å². The van der Waals surface area contributed by atoms with Crippen molar-refractivity contribution in [2.45, 2.75) is 6.92 Å². The molecule has 0 aromatic carbocycles. The second kappa shape index (κ2) is 4.02. The van der Waals surface area contributed by atoms with Crippen molar-refractivity contribution in [2.75, 3.05) is 0 Å². The molecule has 0 spiro atoms. The van der Waals surface area contributed by atoms with Crippen molar-refractivity contribution >= 4 is 23.5 Å². The van der Waals surface area contributed by atoms with Gasteiger partial charge in [-0.2, -0.15) is 0 Å². The third-order valence-corrected chi connectivity index (χ3v) is 2.35. The molecule has 0 bridgehead atoms. The van der Waals surface area contributed by atoms with E-state index >= 15 is 0 Å². The van der Waals surface area contributed by atoms with Crippen LogP contribution in [0.4, 0.5) is 0 Å². The van der Waals surface area contributed by atoms with E-state index in [1.54, 1.807) is 17.4 Å². The Kier molecular flexibility index (Phi) is 3.00. The number of allylic oxidation sites excluding steroid dienone is 2. The van der Waals surface area contributed by atoms with Crippen molar-refractivity contribution in [3.8, 4) is 0 Å². The average molecular weight is 177 g/mol. The molecule has 0 aliphatic rings. The summed E-state index contributed by atoms with van der Waals surface area (Å²) in [5.74, 6) is 0. The molecule has 1 nitrogen and oxygen atoms in total. The van der Waals surface area contributed by atoms with E-state index in [0.717, 1.165) is 15.6 Å². The zero-order chi connectivity index (χ0) is 8.97. The molecule has 0 saturated heterocycles. The Labute approximate surface area is 76.8 Å². The van der Waals surface area contributed by atoms with Crippen molar-refractivity contribution in [3.05, 3.63) is 40.9 Å². The molecule has 0 saturated carbocycles. The summed E-state index contributed by atoms with van der Waals surface area (Å²) in [4.78, 5) is 5.45. The Morgan fingerprint density at radius 2 is 2.17 bits per heavy atom. The summed E-state index contributed by atoms with van der Waals surface area (Å²) in [5.41, 5.74) is 0.979. The lowest BCUT2D eigenvalue weighted by Crippen LogP contribution is -1.74. The molecular formula is C10H11NS. The van der Waals surface area contributed by atoms with Gasteiger partial charge in [-0.15, -0.1) is 11.3 Å². The predicted molar refractivity (Wildman–Crippen MR) is 56.2 cm³/mol. The third-order valence-electron chi connectivity index (χ3n) is 1.36. The van der Waals surface area contributed by atoms with Crippen LogP contribution in [-0.2, 0) is 0 Å². The Morgan fingerprint density at radius 3 is 2.75 bits per heavy atom. The van der Waals surface area contributed by atoms with Crippen LogP contribution in [0.2, 0.25) is 0 Å². The van der Waals surface area contributed by atoms with Gasteiger partial charge in [-0.1, -0.05) is 25.3 Å². The molecule has 1 aromatic rings. The fourth-order valence-corrected chi connectivity index (χ4v) is 1.65. The van der Waals surface area contributed by atoms with Gasteiger partial charge in [-0.25, -0.2) is 4.98 Å². The van der Waals surface area contributed by atoms with Crippen molar-refractivity contribution in [1.82, 2.24) is 4.98 Å². The first-order chi connectivity index (χ1) is 5.77. The molecule has 62 valence electrons. The highest BCUT2D eigenvalue weighted by atomic mass is 32.1. The first kappa shape index (κ1) is 8.94. The standard InChI is InChI=1S/C10H11NS/c1-4-6-7-9-10(5-2)12-8(3)11-9/h4-7H,1-2H2,3H3/b7-6-. The van der Waals surface area contributed by atoms with Crippen LogP contribution in [0, 0.1) is 6.92 Å². The summed E-state index contributed by atoms with van der Waals surface area (Å²) in [7, 11) is 0. The molecule has 1 aromatic heterocycles. The van der Waals surface area contributed by atoms with Crippen LogP contribution in [-0.4, -0.2) is 4.98 Å².